The first-order valence-corrected chi connectivity index (χ1v) is 5.41. The third kappa shape index (κ3) is 2.69. The van der Waals surface area contributed by atoms with Crippen molar-refractivity contribution in [2.75, 3.05) is 0 Å². The van der Waals surface area contributed by atoms with Crippen molar-refractivity contribution in [3.05, 3.63) is 28.8 Å². The molecule has 1 rings (SSSR count). The van der Waals surface area contributed by atoms with Gasteiger partial charge in [0.2, 0.25) is 6.29 Å². The Kier molecular flexibility index (Phi) is 4.23. The lowest BCUT2D eigenvalue weighted by molar-refractivity contribution is -0.141. The molecule has 3 nitrogen and oxygen atoms in total. The average molecular weight is 220 g/mol. The second-order valence-electron chi connectivity index (χ2n) is 3.66. The Balaban J connectivity index is 3.21. The van der Waals surface area contributed by atoms with Crippen LogP contribution in [0.2, 0.25) is 0 Å². The van der Waals surface area contributed by atoms with Gasteiger partial charge in [0.15, 0.2) is 0 Å². The number of aldehydes is 1. The summed E-state index contributed by atoms with van der Waals surface area (Å²) >= 11 is 0. The first-order chi connectivity index (χ1) is 7.62. The van der Waals surface area contributed by atoms with E-state index in [4.69, 9.17) is 4.74 Å². The second-order valence-corrected chi connectivity index (χ2v) is 3.66. The fourth-order valence-corrected chi connectivity index (χ4v) is 1.71. The van der Waals surface area contributed by atoms with E-state index in [1.807, 2.05) is 32.9 Å². The fourth-order valence-electron chi connectivity index (χ4n) is 1.71. The minimum atomic E-state index is -0.840. The number of esters is 1. The lowest BCUT2D eigenvalue weighted by Gasteiger charge is -2.12. The molecule has 1 aromatic rings. The molecule has 0 aliphatic carbocycles. The van der Waals surface area contributed by atoms with Crippen LogP contribution in [0.5, 0.6) is 5.75 Å². The quantitative estimate of drug-likeness (QED) is 0.338. The minimum Gasteiger partial charge on any atom is -0.420 e. The molecule has 0 saturated heterocycles. The van der Waals surface area contributed by atoms with E-state index in [1.165, 1.54) is 0 Å². The zero-order chi connectivity index (χ0) is 12.1. The van der Waals surface area contributed by atoms with Gasteiger partial charge in [-0.05, 0) is 30.9 Å². The van der Waals surface area contributed by atoms with E-state index in [0.717, 1.165) is 29.5 Å². The molecule has 86 valence electrons. The van der Waals surface area contributed by atoms with Crippen molar-refractivity contribution in [2.24, 2.45) is 0 Å². The number of ether oxygens (including phenoxy) is 1. The maximum absolute atomic E-state index is 11.0. The van der Waals surface area contributed by atoms with Crippen LogP contribution < -0.4 is 4.74 Å². The Morgan fingerprint density at radius 1 is 1.25 bits per heavy atom. The first-order valence-electron chi connectivity index (χ1n) is 5.41. The van der Waals surface area contributed by atoms with E-state index in [-0.39, 0.29) is 6.29 Å². The zero-order valence-electron chi connectivity index (χ0n) is 9.87. The standard InChI is InChI=1S/C13H16O3/c1-4-10-6-9(3)7-11(5-2)13(10)16-12(15)8-14/h6-8H,4-5H2,1-3H3. The van der Waals surface area contributed by atoms with E-state index in [2.05, 4.69) is 0 Å². The SMILES string of the molecule is CCc1cc(C)cc(CC)c1OC(=O)C=O. The molecule has 0 spiro atoms. The molecule has 3 heteroatoms. The number of hydrogen-bond donors (Lipinski definition) is 0. The van der Waals surface area contributed by atoms with Gasteiger partial charge >= 0.3 is 5.97 Å². The molecule has 0 amide bonds. The molecule has 0 bridgehead atoms. The van der Waals surface area contributed by atoms with Gasteiger partial charge in [-0.3, -0.25) is 4.79 Å². The third-order valence-electron chi connectivity index (χ3n) is 2.45. The predicted molar refractivity (Wildman–Crippen MR) is 61.6 cm³/mol. The maximum Gasteiger partial charge on any atom is 0.376 e. The molecule has 0 aromatic heterocycles. The molecular formula is C13H16O3. The smallest absolute Gasteiger partial charge is 0.376 e. The minimum absolute atomic E-state index is 0.193. The van der Waals surface area contributed by atoms with Crippen LogP contribution in [0.1, 0.15) is 30.5 Å². The van der Waals surface area contributed by atoms with Crippen LogP contribution in [0.15, 0.2) is 12.1 Å². The summed E-state index contributed by atoms with van der Waals surface area (Å²) in [6.45, 7) is 5.99. The van der Waals surface area contributed by atoms with Crippen molar-refractivity contribution >= 4 is 12.3 Å². The Hall–Kier alpha value is -1.64. The van der Waals surface area contributed by atoms with Crippen LogP contribution in [0.25, 0.3) is 0 Å². The number of rotatable bonds is 4. The molecule has 16 heavy (non-hydrogen) atoms. The molecule has 0 unspecified atom stereocenters. The van der Waals surface area contributed by atoms with Gasteiger partial charge in [-0.2, -0.15) is 0 Å². The van der Waals surface area contributed by atoms with Gasteiger partial charge in [0, 0.05) is 0 Å². The lowest BCUT2D eigenvalue weighted by atomic mass is 10.0. The Bertz CT molecular complexity index is 383. The van der Waals surface area contributed by atoms with Crippen LogP contribution in [0, 0.1) is 6.92 Å². The first kappa shape index (κ1) is 12.4. The van der Waals surface area contributed by atoms with Crippen molar-refractivity contribution < 1.29 is 14.3 Å². The monoisotopic (exact) mass is 220 g/mol. The molecule has 1 aromatic carbocycles. The molecule has 0 fully saturated rings. The normalized spacial score (nSPS) is 9.94. The zero-order valence-corrected chi connectivity index (χ0v) is 9.87. The van der Waals surface area contributed by atoms with Gasteiger partial charge in [-0.15, -0.1) is 0 Å². The third-order valence-corrected chi connectivity index (χ3v) is 2.45. The van der Waals surface area contributed by atoms with Crippen LogP contribution in [-0.2, 0) is 22.4 Å². The van der Waals surface area contributed by atoms with E-state index in [9.17, 15) is 9.59 Å². The number of hydrogen-bond acceptors (Lipinski definition) is 3. The van der Waals surface area contributed by atoms with Gasteiger partial charge < -0.3 is 4.74 Å². The highest BCUT2D eigenvalue weighted by molar-refractivity contribution is 6.21. The largest absolute Gasteiger partial charge is 0.420 e. The maximum atomic E-state index is 11.0. The predicted octanol–water partition coefficient (Wildman–Crippen LogP) is 2.22. The van der Waals surface area contributed by atoms with Gasteiger partial charge in [-0.25, -0.2) is 4.79 Å². The lowest BCUT2D eigenvalue weighted by Crippen LogP contribution is -2.11. The van der Waals surface area contributed by atoms with E-state index < -0.39 is 5.97 Å². The van der Waals surface area contributed by atoms with Crippen molar-refractivity contribution in [1.82, 2.24) is 0 Å². The highest BCUT2D eigenvalue weighted by Gasteiger charge is 2.12. The summed E-state index contributed by atoms with van der Waals surface area (Å²) in [5.74, 6) is -0.291. The number of aryl methyl sites for hydroxylation is 3. The summed E-state index contributed by atoms with van der Waals surface area (Å²) in [5, 5.41) is 0. The Morgan fingerprint density at radius 2 is 1.75 bits per heavy atom. The number of carbonyl (C=O) groups is 2. The highest BCUT2D eigenvalue weighted by Crippen LogP contribution is 2.27. The summed E-state index contributed by atoms with van der Waals surface area (Å²) in [6, 6.07) is 3.96. The van der Waals surface area contributed by atoms with E-state index >= 15 is 0 Å². The summed E-state index contributed by atoms with van der Waals surface area (Å²) in [7, 11) is 0. The van der Waals surface area contributed by atoms with Crippen molar-refractivity contribution in [3.8, 4) is 5.75 Å². The van der Waals surface area contributed by atoms with Gasteiger partial charge in [0.05, 0.1) is 0 Å². The van der Waals surface area contributed by atoms with Crippen LogP contribution in [-0.4, -0.2) is 12.3 Å². The topological polar surface area (TPSA) is 43.4 Å². The summed E-state index contributed by atoms with van der Waals surface area (Å²) in [4.78, 5) is 21.3. The molecule has 0 saturated carbocycles. The fraction of sp³-hybridized carbons (Fsp3) is 0.385. The molecule has 0 radical (unpaired) electrons. The Morgan fingerprint density at radius 3 is 2.12 bits per heavy atom. The molecule has 0 heterocycles. The van der Waals surface area contributed by atoms with Crippen LogP contribution >= 0.6 is 0 Å². The van der Waals surface area contributed by atoms with E-state index in [0.29, 0.717) is 5.75 Å². The molecular weight excluding hydrogens is 204 g/mol. The van der Waals surface area contributed by atoms with Crippen molar-refractivity contribution in [1.29, 1.82) is 0 Å². The summed E-state index contributed by atoms with van der Waals surface area (Å²) in [5.41, 5.74) is 3.07. The number of carbonyl (C=O) groups excluding carboxylic acids is 2. The molecule has 0 aliphatic heterocycles. The van der Waals surface area contributed by atoms with E-state index in [1.54, 1.807) is 0 Å². The summed E-state index contributed by atoms with van der Waals surface area (Å²) in [6.07, 6.45) is 1.74. The van der Waals surface area contributed by atoms with Gasteiger partial charge in [0.25, 0.3) is 0 Å². The van der Waals surface area contributed by atoms with Gasteiger partial charge in [0.1, 0.15) is 5.75 Å². The second kappa shape index (κ2) is 5.45. The molecule has 0 N–H and O–H groups in total. The molecule has 0 atom stereocenters. The molecule has 0 aliphatic rings. The average Bonchev–Trinajstić information content (AvgIpc) is 2.30. The summed E-state index contributed by atoms with van der Waals surface area (Å²) < 4.78 is 5.06. The van der Waals surface area contributed by atoms with Crippen LogP contribution in [0.3, 0.4) is 0 Å². The van der Waals surface area contributed by atoms with Crippen LogP contribution in [0.4, 0.5) is 0 Å². The number of benzene rings is 1. The van der Waals surface area contributed by atoms with Crippen molar-refractivity contribution in [3.63, 3.8) is 0 Å². The highest BCUT2D eigenvalue weighted by atomic mass is 16.5. The van der Waals surface area contributed by atoms with Gasteiger partial charge in [-0.1, -0.05) is 31.5 Å². The van der Waals surface area contributed by atoms with Crippen molar-refractivity contribution in [2.45, 2.75) is 33.6 Å². The Labute approximate surface area is 95.4 Å².